The molecule has 0 aromatic heterocycles. The fourth-order valence-electron chi connectivity index (χ4n) is 3.43. The van der Waals surface area contributed by atoms with Crippen molar-refractivity contribution in [1.29, 1.82) is 0 Å². The molecule has 0 aromatic rings. The third-order valence-corrected chi connectivity index (χ3v) is 4.25. The molecule has 3 atom stereocenters. The van der Waals surface area contributed by atoms with E-state index in [1.807, 2.05) is 17.3 Å². The lowest BCUT2D eigenvalue weighted by atomic mass is 9.81. The van der Waals surface area contributed by atoms with Crippen LogP contribution in [0.4, 0.5) is 0 Å². The number of hydrogen-bond acceptors (Lipinski definition) is 3. The summed E-state index contributed by atoms with van der Waals surface area (Å²) in [7, 11) is 0. The van der Waals surface area contributed by atoms with E-state index in [0.717, 1.165) is 13.0 Å². The minimum absolute atomic E-state index is 0.0526. The molecular formula is C13H21N3O. The Labute approximate surface area is 103 Å². The molecule has 1 saturated heterocycles. The van der Waals surface area contributed by atoms with Gasteiger partial charge in [0.1, 0.15) is 6.04 Å². The highest BCUT2D eigenvalue weighted by atomic mass is 16.2. The van der Waals surface area contributed by atoms with Crippen LogP contribution in [-0.4, -0.2) is 34.4 Å². The standard InChI is InChI=1S/C13H21N3O/c1-2-7-15-8-9-16-12(13(15)17)10-5-3-4-6-11(10)14-16/h8-12,14H,2-7H2,1H3. The summed E-state index contributed by atoms with van der Waals surface area (Å²) >= 11 is 0. The molecule has 0 bridgehead atoms. The van der Waals surface area contributed by atoms with Gasteiger partial charge in [-0.25, -0.2) is 5.43 Å². The van der Waals surface area contributed by atoms with Crippen LogP contribution in [0.1, 0.15) is 39.0 Å². The van der Waals surface area contributed by atoms with Crippen molar-refractivity contribution in [2.24, 2.45) is 5.92 Å². The fraction of sp³-hybridized carbons (Fsp3) is 0.769. The molecule has 0 radical (unpaired) electrons. The second-order valence-corrected chi connectivity index (χ2v) is 5.37. The van der Waals surface area contributed by atoms with Crippen LogP contribution in [0.15, 0.2) is 12.4 Å². The zero-order valence-corrected chi connectivity index (χ0v) is 10.4. The van der Waals surface area contributed by atoms with E-state index in [1.165, 1.54) is 25.7 Å². The van der Waals surface area contributed by atoms with E-state index in [1.54, 1.807) is 0 Å². The molecule has 4 nitrogen and oxygen atoms in total. The Morgan fingerprint density at radius 3 is 3.00 bits per heavy atom. The molecule has 1 N–H and O–H groups in total. The zero-order valence-electron chi connectivity index (χ0n) is 10.4. The smallest absolute Gasteiger partial charge is 0.251 e. The van der Waals surface area contributed by atoms with Crippen molar-refractivity contribution in [2.45, 2.75) is 51.1 Å². The van der Waals surface area contributed by atoms with Crippen molar-refractivity contribution in [3.8, 4) is 0 Å². The number of carbonyl (C=O) groups is 1. The molecule has 4 heteroatoms. The maximum atomic E-state index is 12.4. The van der Waals surface area contributed by atoms with Crippen molar-refractivity contribution in [3.05, 3.63) is 12.4 Å². The lowest BCUT2D eigenvalue weighted by Crippen LogP contribution is -2.50. The van der Waals surface area contributed by atoms with E-state index in [4.69, 9.17) is 0 Å². The summed E-state index contributed by atoms with van der Waals surface area (Å²) in [6.07, 6.45) is 9.96. The summed E-state index contributed by atoms with van der Waals surface area (Å²) < 4.78 is 0. The van der Waals surface area contributed by atoms with Gasteiger partial charge < -0.3 is 9.91 Å². The lowest BCUT2D eigenvalue weighted by Gasteiger charge is -2.34. The van der Waals surface area contributed by atoms with Gasteiger partial charge in [0, 0.05) is 30.9 Å². The van der Waals surface area contributed by atoms with E-state index in [2.05, 4.69) is 17.4 Å². The molecule has 0 spiro atoms. The van der Waals surface area contributed by atoms with Crippen molar-refractivity contribution in [3.63, 3.8) is 0 Å². The quantitative estimate of drug-likeness (QED) is 0.787. The molecule has 3 aliphatic rings. The number of hydrazine groups is 1. The summed E-state index contributed by atoms with van der Waals surface area (Å²) in [5, 5.41) is 2.05. The molecule has 2 aliphatic heterocycles. The van der Waals surface area contributed by atoms with Crippen LogP contribution in [0.25, 0.3) is 0 Å². The van der Waals surface area contributed by atoms with Crippen LogP contribution in [0.5, 0.6) is 0 Å². The van der Waals surface area contributed by atoms with E-state index >= 15 is 0 Å². The molecule has 94 valence electrons. The Hall–Kier alpha value is -1.03. The average Bonchev–Trinajstić information content (AvgIpc) is 2.72. The first-order chi connectivity index (χ1) is 8.31. The van der Waals surface area contributed by atoms with Crippen molar-refractivity contribution in [1.82, 2.24) is 15.3 Å². The van der Waals surface area contributed by atoms with Crippen LogP contribution >= 0.6 is 0 Å². The molecule has 3 unspecified atom stereocenters. The minimum atomic E-state index is 0.0526. The van der Waals surface area contributed by atoms with E-state index < -0.39 is 0 Å². The second-order valence-electron chi connectivity index (χ2n) is 5.37. The summed E-state index contributed by atoms with van der Waals surface area (Å²) in [6, 6.07) is 0.570. The molecule has 2 fully saturated rings. The van der Waals surface area contributed by atoms with Gasteiger partial charge in [-0.2, -0.15) is 0 Å². The molecule has 2 heterocycles. The third-order valence-electron chi connectivity index (χ3n) is 4.25. The summed E-state index contributed by atoms with van der Waals surface area (Å²) in [4.78, 5) is 14.3. The van der Waals surface area contributed by atoms with Crippen molar-refractivity contribution >= 4 is 5.91 Å². The first-order valence-electron chi connectivity index (χ1n) is 6.84. The number of amides is 1. The number of hydrogen-bond donors (Lipinski definition) is 1. The minimum Gasteiger partial charge on any atom is -0.316 e. The highest BCUT2D eigenvalue weighted by Gasteiger charge is 2.47. The van der Waals surface area contributed by atoms with Crippen LogP contribution in [-0.2, 0) is 4.79 Å². The fourth-order valence-corrected chi connectivity index (χ4v) is 3.43. The molecule has 17 heavy (non-hydrogen) atoms. The molecular weight excluding hydrogens is 214 g/mol. The zero-order chi connectivity index (χ0) is 11.8. The third kappa shape index (κ3) is 1.75. The number of nitrogens with one attached hydrogen (secondary N) is 1. The predicted octanol–water partition coefficient (Wildman–Crippen LogP) is 1.46. The monoisotopic (exact) mass is 235 g/mol. The first kappa shape index (κ1) is 11.1. The van der Waals surface area contributed by atoms with E-state index in [0.29, 0.717) is 12.0 Å². The maximum Gasteiger partial charge on any atom is 0.251 e. The second kappa shape index (κ2) is 4.33. The van der Waals surface area contributed by atoms with E-state index in [9.17, 15) is 4.79 Å². The van der Waals surface area contributed by atoms with Crippen molar-refractivity contribution < 1.29 is 4.79 Å². The van der Waals surface area contributed by atoms with Crippen molar-refractivity contribution in [2.75, 3.05) is 6.54 Å². The number of fused-ring (bicyclic) bond motifs is 3. The number of carbonyl (C=O) groups excluding carboxylic acids is 1. The van der Waals surface area contributed by atoms with Crippen LogP contribution in [0.3, 0.4) is 0 Å². The lowest BCUT2D eigenvalue weighted by molar-refractivity contribution is -0.135. The number of nitrogens with zero attached hydrogens (tertiary/aromatic N) is 2. The SMILES string of the molecule is CCCN1C=CN2NC3CCCCC3C2C1=O. The number of rotatable bonds is 2. The van der Waals surface area contributed by atoms with Gasteiger partial charge in [0.25, 0.3) is 5.91 Å². The van der Waals surface area contributed by atoms with E-state index in [-0.39, 0.29) is 11.9 Å². The molecule has 1 saturated carbocycles. The van der Waals surface area contributed by atoms with Gasteiger partial charge in [-0.3, -0.25) is 4.79 Å². The Morgan fingerprint density at radius 1 is 1.35 bits per heavy atom. The maximum absolute atomic E-state index is 12.4. The van der Waals surface area contributed by atoms with Crippen LogP contribution in [0.2, 0.25) is 0 Å². The summed E-state index contributed by atoms with van der Waals surface area (Å²) in [5.74, 6) is 0.803. The molecule has 1 amide bonds. The highest BCUT2D eigenvalue weighted by molar-refractivity contribution is 5.84. The normalized spacial score (nSPS) is 36.1. The van der Waals surface area contributed by atoms with Crippen LogP contribution < -0.4 is 5.43 Å². The summed E-state index contributed by atoms with van der Waals surface area (Å²) in [5.41, 5.74) is 3.49. The Bertz CT molecular complexity index is 342. The Balaban J connectivity index is 1.81. The van der Waals surface area contributed by atoms with Gasteiger partial charge >= 0.3 is 0 Å². The van der Waals surface area contributed by atoms with Gasteiger partial charge in [-0.15, -0.1) is 0 Å². The largest absolute Gasteiger partial charge is 0.316 e. The average molecular weight is 235 g/mol. The predicted molar refractivity (Wildman–Crippen MR) is 65.7 cm³/mol. The van der Waals surface area contributed by atoms with Gasteiger partial charge in [0.15, 0.2) is 0 Å². The highest BCUT2D eigenvalue weighted by Crippen LogP contribution is 2.36. The van der Waals surface area contributed by atoms with Gasteiger partial charge in [-0.1, -0.05) is 19.8 Å². The molecule has 1 aliphatic carbocycles. The van der Waals surface area contributed by atoms with Gasteiger partial charge in [0.2, 0.25) is 0 Å². The topological polar surface area (TPSA) is 35.6 Å². The summed E-state index contributed by atoms with van der Waals surface area (Å²) in [6.45, 7) is 2.96. The first-order valence-corrected chi connectivity index (χ1v) is 6.84. The Morgan fingerprint density at radius 2 is 2.18 bits per heavy atom. The van der Waals surface area contributed by atoms with Gasteiger partial charge in [-0.05, 0) is 19.3 Å². The Kier molecular flexibility index (Phi) is 2.82. The molecule has 0 aromatic carbocycles. The van der Waals surface area contributed by atoms with Gasteiger partial charge in [0.05, 0.1) is 0 Å². The van der Waals surface area contributed by atoms with Crippen LogP contribution in [0, 0.1) is 5.92 Å². The molecule has 3 rings (SSSR count).